The summed E-state index contributed by atoms with van der Waals surface area (Å²) in [6, 6.07) is 6.77. The molecule has 86 valence electrons. The van der Waals surface area contributed by atoms with Crippen molar-refractivity contribution >= 4 is 22.5 Å². The van der Waals surface area contributed by atoms with Gasteiger partial charge in [0, 0.05) is 29.3 Å². The summed E-state index contributed by atoms with van der Waals surface area (Å²) >= 11 is 0. The highest BCUT2D eigenvalue weighted by molar-refractivity contribution is 5.95. The highest BCUT2D eigenvalue weighted by Crippen LogP contribution is 2.30. The number of benzene rings is 1. The lowest BCUT2D eigenvalue weighted by Gasteiger charge is -2.05. The van der Waals surface area contributed by atoms with Crippen LogP contribution in [0.25, 0.3) is 10.9 Å². The number of fused-ring (bicyclic) bond motifs is 1. The van der Waals surface area contributed by atoms with Crippen molar-refractivity contribution in [1.82, 2.24) is 4.98 Å². The normalized spacial score (nSPS) is 14.8. The predicted octanol–water partition coefficient (Wildman–Crippen LogP) is 1.88. The highest BCUT2D eigenvalue weighted by Gasteiger charge is 2.29. The first-order chi connectivity index (χ1) is 8.24. The van der Waals surface area contributed by atoms with Crippen molar-refractivity contribution in [2.75, 3.05) is 5.32 Å². The van der Waals surface area contributed by atoms with Crippen LogP contribution in [0.3, 0.4) is 0 Å². The molecule has 1 fully saturated rings. The van der Waals surface area contributed by atoms with Crippen LogP contribution in [0.2, 0.25) is 0 Å². The van der Waals surface area contributed by atoms with Crippen LogP contribution in [-0.4, -0.2) is 10.9 Å². The first kappa shape index (κ1) is 10.1. The second kappa shape index (κ2) is 3.73. The maximum atomic E-state index is 11.6. The summed E-state index contributed by atoms with van der Waals surface area (Å²) in [6.07, 6.45) is 3.57. The van der Waals surface area contributed by atoms with E-state index in [1.54, 1.807) is 24.4 Å². The standard InChI is InChI=1S/C13H12N2O2/c16-12-5-6-14-11-7-9(3-4-10(11)12)15-13(17)8-1-2-8/h3-8H,1-2H2,(H,14,16)(H,15,17). The van der Waals surface area contributed by atoms with E-state index in [4.69, 9.17) is 0 Å². The van der Waals surface area contributed by atoms with Crippen LogP contribution < -0.4 is 10.7 Å². The quantitative estimate of drug-likeness (QED) is 0.824. The van der Waals surface area contributed by atoms with Crippen LogP contribution in [0.4, 0.5) is 5.69 Å². The van der Waals surface area contributed by atoms with Gasteiger partial charge in [-0.2, -0.15) is 0 Å². The highest BCUT2D eigenvalue weighted by atomic mass is 16.2. The number of amides is 1. The smallest absolute Gasteiger partial charge is 0.227 e. The summed E-state index contributed by atoms with van der Waals surface area (Å²) in [4.78, 5) is 26.1. The zero-order valence-electron chi connectivity index (χ0n) is 9.19. The van der Waals surface area contributed by atoms with E-state index < -0.39 is 0 Å². The molecular weight excluding hydrogens is 216 g/mol. The van der Waals surface area contributed by atoms with Crippen LogP contribution in [0.1, 0.15) is 12.8 Å². The van der Waals surface area contributed by atoms with E-state index in [1.807, 2.05) is 0 Å². The summed E-state index contributed by atoms with van der Waals surface area (Å²) < 4.78 is 0. The molecule has 2 N–H and O–H groups in total. The van der Waals surface area contributed by atoms with E-state index in [0.717, 1.165) is 24.0 Å². The van der Waals surface area contributed by atoms with Gasteiger partial charge in [-0.05, 0) is 31.0 Å². The number of nitrogens with one attached hydrogen (secondary N) is 2. The van der Waals surface area contributed by atoms with E-state index in [1.165, 1.54) is 6.07 Å². The molecule has 0 radical (unpaired) electrons. The van der Waals surface area contributed by atoms with Gasteiger partial charge in [0.15, 0.2) is 5.43 Å². The van der Waals surface area contributed by atoms with Crippen molar-refractivity contribution < 1.29 is 4.79 Å². The van der Waals surface area contributed by atoms with Crippen molar-refractivity contribution in [1.29, 1.82) is 0 Å². The fourth-order valence-corrected chi connectivity index (χ4v) is 1.84. The fourth-order valence-electron chi connectivity index (χ4n) is 1.84. The van der Waals surface area contributed by atoms with Gasteiger partial charge in [0.1, 0.15) is 0 Å². The minimum Gasteiger partial charge on any atom is -0.361 e. The number of H-pyrrole nitrogens is 1. The Hall–Kier alpha value is -2.10. The van der Waals surface area contributed by atoms with E-state index in [-0.39, 0.29) is 17.3 Å². The number of carbonyl (C=O) groups excluding carboxylic acids is 1. The maximum absolute atomic E-state index is 11.6. The third kappa shape index (κ3) is 1.93. The zero-order chi connectivity index (χ0) is 11.8. The largest absolute Gasteiger partial charge is 0.361 e. The van der Waals surface area contributed by atoms with E-state index in [9.17, 15) is 9.59 Å². The molecular formula is C13H12N2O2. The van der Waals surface area contributed by atoms with Gasteiger partial charge in [0.05, 0.1) is 5.52 Å². The molecule has 17 heavy (non-hydrogen) atoms. The van der Waals surface area contributed by atoms with Crippen LogP contribution in [0.15, 0.2) is 35.3 Å². The van der Waals surface area contributed by atoms with Crippen molar-refractivity contribution in [3.8, 4) is 0 Å². The number of pyridine rings is 1. The molecule has 0 unspecified atom stereocenters. The van der Waals surface area contributed by atoms with E-state index in [0.29, 0.717) is 5.39 Å². The number of aromatic amines is 1. The second-order valence-corrected chi connectivity index (χ2v) is 4.37. The monoisotopic (exact) mass is 228 g/mol. The van der Waals surface area contributed by atoms with Gasteiger partial charge < -0.3 is 10.3 Å². The van der Waals surface area contributed by atoms with E-state index in [2.05, 4.69) is 10.3 Å². The van der Waals surface area contributed by atoms with Crippen LogP contribution >= 0.6 is 0 Å². The average molecular weight is 228 g/mol. The molecule has 1 aliphatic rings. The van der Waals surface area contributed by atoms with Crippen LogP contribution in [-0.2, 0) is 4.79 Å². The van der Waals surface area contributed by atoms with E-state index >= 15 is 0 Å². The summed E-state index contributed by atoms with van der Waals surface area (Å²) in [5.74, 6) is 0.253. The molecule has 3 rings (SSSR count). The molecule has 1 heterocycles. The van der Waals surface area contributed by atoms with Crippen molar-refractivity contribution in [2.45, 2.75) is 12.8 Å². The molecule has 0 spiro atoms. The molecule has 1 saturated carbocycles. The van der Waals surface area contributed by atoms with Crippen molar-refractivity contribution in [3.63, 3.8) is 0 Å². The van der Waals surface area contributed by atoms with Gasteiger partial charge in [0.25, 0.3) is 0 Å². The van der Waals surface area contributed by atoms with Gasteiger partial charge in [-0.25, -0.2) is 0 Å². The molecule has 0 atom stereocenters. The Balaban J connectivity index is 1.96. The lowest BCUT2D eigenvalue weighted by Crippen LogP contribution is -2.13. The number of aromatic nitrogens is 1. The molecule has 1 aliphatic carbocycles. The SMILES string of the molecule is O=C(Nc1ccc2c(=O)cc[nH]c2c1)C1CC1. The molecule has 0 aliphatic heterocycles. The van der Waals surface area contributed by atoms with Gasteiger partial charge in [0.2, 0.25) is 5.91 Å². The van der Waals surface area contributed by atoms with Crippen LogP contribution in [0.5, 0.6) is 0 Å². The lowest BCUT2D eigenvalue weighted by molar-refractivity contribution is -0.117. The Morgan fingerprint density at radius 2 is 2.12 bits per heavy atom. The molecule has 0 bridgehead atoms. The number of anilines is 1. The Bertz CT molecular complexity index is 641. The Morgan fingerprint density at radius 1 is 1.29 bits per heavy atom. The number of rotatable bonds is 2. The molecule has 1 amide bonds. The zero-order valence-corrected chi connectivity index (χ0v) is 9.19. The number of carbonyl (C=O) groups is 1. The topological polar surface area (TPSA) is 62.0 Å². The lowest BCUT2D eigenvalue weighted by atomic mass is 10.2. The summed E-state index contributed by atoms with van der Waals surface area (Å²) in [5, 5.41) is 3.49. The van der Waals surface area contributed by atoms with Gasteiger partial charge >= 0.3 is 0 Å². The Labute approximate surface area is 97.7 Å². The fraction of sp³-hybridized carbons (Fsp3) is 0.231. The van der Waals surface area contributed by atoms with Gasteiger partial charge in [-0.3, -0.25) is 9.59 Å². The predicted molar refractivity (Wildman–Crippen MR) is 65.9 cm³/mol. The third-order valence-corrected chi connectivity index (χ3v) is 2.97. The molecule has 4 heteroatoms. The first-order valence-corrected chi connectivity index (χ1v) is 5.66. The first-order valence-electron chi connectivity index (χ1n) is 5.66. The number of hydrogen-bond donors (Lipinski definition) is 2. The van der Waals surface area contributed by atoms with Crippen molar-refractivity contribution in [2.24, 2.45) is 5.92 Å². The molecule has 0 saturated heterocycles. The summed E-state index contributed by atoms with van der Waals surface area (Å²) in [6.45, 7) is 0. The molecule has 4 nitrogen and oxygen atoms in total. The Kier molecular flexibility index (Phi) is 2.21. The van der Waals surface area contributed by atoms with Gasteiger partial charge in [-0.1, -0.05) is 0 Å². The number of hydrogen-bond acceptors (Lipinski definition) is 2. The minimum atomic E-state index is -0.0150. The summed E-state index contributed by atoms with van der Waals surface area (Å²) in [7, 11) is 0. The maximum Gasteiger partial charge on any atom is 0.227 e. The third-order valence-electron chi connectivity index (χ3n) is 2.97. The molecule has 1 aromatic carbocycles. The van der Waals surface area contributed by atoms with Gasteiger partial charge in [-0.15, -0.1) is 0 Å². The van der Waals surface area contributed by atoms with Crippen LogP contribution in [0, 0.1) is 5.92 Å². The molecule has 2 aromatic rings. The second-order valence-electron chi connectivity index (χ2n) is 4.37. The minimum absolute atomic E-state index is 0.0150. The Morgan fingerprint density at radius 3 is 2.88 bits per heavy atom. The summed E-state index contributed by atoms with van der Waals surface area (Å²) in [5.41, 5.74) is 1.46. The average Bonchev–Trinajstić information content (AvgIpc) is 3.13. The van der Waals surface area contributed by atoms with Crippen molar-refractivity contribution in [3.05, 3.63) is 40.7 Å². The molecule has 1 aromatic heterocycles.